The third-order valence-electron chi connectivity index (χ3n) is 3.68. The second kappa shape index (κ2) is 7.05. The molecule has 2 N–H and O–H groups in total. The zero-order chi connectivity index (χ0) is 17.0. The van der Waals surface area contributed by atoms with Crippen LogP contribution in [-0.2, 0) is 0 Å². The van der Waals surface area contributed by atoms with Gasteiger partial charge in [-0.15, -0.1) is 0 Å². The zero-order valence-electron chi connectivity index (χ0n) is 12.5. The van der Waals surface area contributed by atoms with E-state index in [0.29, 0.717) is 19.3 Å². The molecule has 7 nitrogen and oxygen atoms in total. The van der Waals surface area contributed by atoms with E-state index < -0.39 is 24.1 Å². The largest absolute Gasteiger partial charge is 0.488 e. The Hall–Kier alpha value is -2.69. The Labute approximate surface area is 132 Å². The quantitative estimate of drug-likeness (QED) is 0.804. The molecule has 122 valence electrons. The molecule has 8 heteroatoms. The van der Waals surface area contributed by atoms with Crippen molar-refractivity contribution in [2.24, 2.45) is 0 Å². The summed E-state index contributed by atoms with van der Waals surface area (Å²) in [6.45, 7) is 1.42. The minimum Gasteiger partial charge on any atom is -0.488 e. The molecular weight excluding hydrogens is 305 g/mol. The molecule has 1 saturated carbocycles. The Balaban J connectivity index is 2.17. The van der Waals surface area contributed by atoms with Crippen LogP contribution in [0.3, 0.4) is 0 Å². The highest BCUT2D eigenvalue weighted by Crippen LogP contribution is 2.29. The third-order valence-corrected chi connectivity index (χ3v) is 3.68. The Morgan fingerprint density at radius 3 is 2.96 bits per heavy atom. The van der Waals surface area contributed by atoms with E-state index in [1.807, 2.05) is 0 Å². The van der Waals surface area contributed by atoms with Crippen molar-refractivity contribution >= 4 is 11.9 Å². The van der Waals surface area contributed by atoms with Gasteiger partial charge in [-0.05, 0) is 19.8 Å². The monoisotopic (exact) mass is 321 g/mol. The first kappa shape index (κ1) is 16.7. The fourth-order valence-corrected chi connectivity index (χ4v) is 2.61. The fourth-order valence-electron chi connectivity index (χ4n) is 2.61. The van der Waals surface area contributed by atoms with Crippen molar-refractivity contribution < 1.29 is 23.8 Å². The maximum Gasteiger partial charge on any atom is 0.404 e. The van der Waals surface area contributed by atoms with Gasteiger partial charge in [-0.3, -0.25) is 9.78 Å². The molecule has 2 atom stereocenters. The summed E-state index contributed by atoms with van der Waals surface area (Å²) in [5.74, 6) is -1.46. The van der Waals surface area contributed by atoms with E-state index in [1.54, 1.807) is 6.07 Å². The molecule has 0 unspecified atom stereocenters. The lowest BCUT2D eigenvalue weighted by molar-refractivity contribution is 0.0985. The van der Waals surface area contributed by atoms with Crippen LogP contribution in [0.1, 0.15) is 41.7 Å². The van der Waals surface area contributed by atoms with Crippen molar-refractivity contribution in [3.63, 3.8) is 0 Å². The Morgan fingerprint density at radius 1 is 1.57 bits per heavy atom. The molecule has 1 aromatic heterocycles. The number of nitriles is 1. The van der Waals surface area contributed by atoms with Crippen LogP contribution < -0.4 is 10.1 Å². The summed E-state index contributed by atoms with van der Waals surface area (Å²) in [6, 6.07) is 1.46. The minimum atomic E-state index is -1.11. The van der Waals surface area contributed by atoms with Crippen molar-refractivity contribution in [3.05, 3.63) is 23.3 Å². The van der Waals surface area contributed by atoms with Gasteiger partial charge in [0.25, 0.3) is 0 Å². The SMILES string of the molecule is Cc1ncc(O[C@@H]2CC[C@H](NC(=O)O)C2)c(C(=O)CC#N)c1F. The maximum atomic E-state index is 14.2. The number of carboxylic acid groups (broad SMARTS) is 1. The number of hydrogen-bond acceptors (Lipinski definition) is 5. The Bertz CT molecular complexity index is 671. The number of amides is 1. The summed E-state index contributed by atoms with van der Waals surface area (Å²) in [4.78, 5) is 26.4. The van der Waals surface area contributed by atoms with Gasteiger partial charge in [0, 0.05) is 12.5 Å². The van der Waals surface area contributed by atoms with Crippen LogP contribution in [0.25, 0.3) is 0 Å². The van der Waals surface area contributed by atoms with Gasteiger partial charge in [-0.25, -0.2) is 9.18 Å². The topological polar surface area (TPSA) is 112 Å². The fraction of sp³-hybridized carbons (Fsp3) is 0.467. The van der Waals surface area contributed by atoms with E-state index >= 15 is 0 Å². The summed E-state index contributed by atoms with van der Waals surface area (Å²) in [5, 5.41) is 19.7. The van der Waals surface area contributed by atoms with Gasteiger partial charge in [0.2, 0.25) is 0 Å². The molecule has 2 rings (SSSR count). The Kier molecular flexibility index (Phi) is 5.11. The molecule has 0 radical (unpaired) electrons. The van der Waals surface area contributed by atoms with Crippen LogP contribution in [0.2, 0.25) is 0 Å². The van der Waals surface area contributed by atoms with Gasteiger partial charge in [-0.2, -0.15) is 5.26 Å². The number of nitrogens with zero attached hydrogens (tertiary/aromatic N) is 2. The van der Waals surface area contributed by atoms with E-state index in [1.165, 1.54) is 13.1 Å². The summed E-state index contributed by atoms with van der Waals surface area (Å²) < 4.78 is 19.9. The summed E-state index contributed by atoms with van der Waals surface area (Å²) in [6.07, 6.45) is 0.958. The molecule has 1 heterocycles. The molecule has 0 aromatic carbocycles. The van der Waals surface area contributed by atoms with E-state index in [4.69, 9.17) is 15.1 Å². The molecule has 0 bridgehead atoms. The average molecular weight is 321 g/mol. The van der Waals surface area contributed by atoms with E-state index in [9.17, 15) is 14.0 Å². The number of Topliss-reactive ketones (excluding diaryl/α,β-unsaturated/α-hetero) is 1. The molecule has 1 aliphatic rings. The third kappa shape index (κ3) is 3.94. The number of hydrogen-bond donors (Lipinski definition) is 2. The van der Waals surface area contributed by atoms with Crippen molar-refractivity contribution in [1.82, 2.24) is 10.3 Å². The normalized spacial score (nSPS) is 19.9. The predicted molar refractivity (Wildman–Crippen MR) is 76.7 cm³/mol. The Morgan fingerprint density at radius 2 is 2.30 bits per heavy atom. The number of ketones is 1. The molecule has 23 heavy (non-hydrogen) atoms. The van der Waals surface area contributed by atoms with Crippen LogP contribution in [0.5, 0.6) is 5.75 Å². The van der Waals surface area contributed by atoms with Crippen LogP contribution in [-0.4, -0.2) is 34.1 Å². The van der Waals surface area contributed by atoms with Crippen LogP contribution in [0.15, 0.2) is 6.20 Å². The maximum absolute atomic E-state index is 14.2. The van der Waals surface area contributed by atoms with Gasteiger partial charge < -0.3 is 15.2 Å². The van der Waals surface area contributed by atoms with Crippen molar-refractivity contribution in [1.29, 1.82) is 5.26 Å². The molecule has 0 aliphatic heterocycles. The van der Waals surface area contributed by atoms with E-state index in [-0.39, 0.29) is 29.2 Å². The lowest BCUT2D eigenvalue weighted by atomic mass is 10.1. The van der Waals surface area contributed by atoms with Gasteiger partial charge in [-0.1, -0.05) is 0 Å². The number of aryl methyl sites for hydroxylation is 1. The zero-order valence-corrected chi connectivity index (χ0v) is 12.5. The second-order valence-corrected chi connectivity index (χ2v) is 5.35. The molecule has 0 saturated heterocycles. The van der Waals surface area contributed by atoms with Gasteiger partial charge in [0.15, 0.2) is 17.3 Å². The number of halogens is 1. The highest BCUT2D eigenvalue weighted by atomic mass is 19.1. The smallest absolute Gasteiger partial charge is 0.404 e. The number of aromatic nitrogens is 1. The number of nitrogens with one attached hydrogen (secondary N) is 1. The molecule has 1 fully saturated rings. The molecule has 1 amide bonds. The number of rotatable bonds is 5. The molecule has 1 aliphatic carbocycles. The van der Waals surface area contributed by atoms with E-state index in [0.717, 1.165) is 0 Å². The second-order valence-electron chi connectivity index (χ2n) is 5.35. The minimum absolute atomic E-state index is 0.00525. The number of carbonyl (C=O) groups is 2. The van der Waals surface area contributed by atoms with Crippen molar-refractivity contribution in [3.8, 4) is 11.8 Å². The first-order valence-corrected chi connectivity index (χ1v) is 7.13. The standard InChI is InChI=1S/C15H16FN3O4/c1-8-14(16)13(11(20)4-5-17)12(7-18-8)23-10-3-2-9(6-10)19-15(21)22/h7,9-10,19H,2-4,6H2,1H3,(H,21,22)/t9-,10+/m0/s1. The number of pyridine rings is 1. The van der Waals surface area contributed by atoms with Crippen molar-refractivity contribution in [2.45, 2.75) is 44.8 Å². The lowest BCUT2D eigenvalue weighted by Gasteiger charge is -2.17. The predicted octanol–water partition coefficient (Wildman–Crippen LogP) is 2.19. The summed E-state index contributed by atoms with van der Waals surface area (Å²) in [5.41, 5.74) is -0.218. The summed E-state index contributed by atoms with van der Waals surface area (Å²) >= 11 is 0. The van der Waals surface area contributed by atoms with Gasteiger partial charge >= 0.3 is 6.09 Å². The first-order valence-electron chi connectivity index (χ1n) is 7.13. The first-order chi connectivity index (χ1) is 10.9. The van der Waals surface area contributed by atoms with Gasteiger partial charge in [0.05, 0.1) is 29.9 Å². The number of carbonyl (C=O) groups excluding carboxylic acids is 1. The highest BCUT2D eigenvalue weighted by molar-refractivity contribution is 6.00. The molecular formula is C15H16FN3O4. The average Bonchev–Trinajstić information content (AvgIpc) is 2.89. The van der Waals surface area contributed by atoms with Crippen LogP contribution >= 0.6 is 0 Å². The van der Waals surface area contributed by atoms with Gasteiger partial charge in [0.1, 0.15) is 6.10 Å². The van der Waals surface area contributed by atoms with Crippen molar-refractivity contribution in [2.75, 3.05) is 0 Å². The summed E-state index contributed by atoms with van der Waals surface area (Å²) in [7, 11) is 0. The van der Waals surface area contributed by atoms with Crippen LogP contribution in [0, 0.1) is 24.1 Å². The van der Waals surface area contributed by atoms with Crippen LogP contribution in [0.4, 0.5) is 9.18 Å². The lowest BCUT2D eigenvalue weighted by Crippen LogP contribution is -2.32. The molecule has 1 aromatic rings. The number of ether oxygens (including phenoxy) is 1. The highest BCUT2D eigenvalue weighted by Gasteiger charge is 2.29. The van der Waals surface area contributed by atoms with E-state index in [2.05, 4.69) is 10.3 Å². The molecule has 0 spiro atoms.